The lowest BCUT2D eigenvalue weighted by atomic mass is 9.78. The molecule has 2 atom stereocenters. The SMILES string of the molecule is CC(C)(CCC[C@@H](N)CO[PH](=O)O)CC(C)(C)ON. The second kappa shape index (κ2) is 8.35. The molecule has 0 aliphatic heterocycles. The molecular weight excluding hydrogens is 267 g/mol. The van der Waals surface area contributed by atoms with Crippen molar-refractivity contribution >= 4 is 8.25 Å². The van der Waals surface area contributed by atoms with Gasteiger partial charge in [0.2, 0.25) is 0 Å². The summed E-state index contributed by atoms with van der Waals surface area (Å²) in [7, 11) is -2.87. The van der Waals surface area contributed by atoms with Crippen molar-refractivity contribution in [2.45, 2.75) is 65.0 Å². The maximum absolute atomic E-state index is 10.4. The van der Waals surface area contributed by atoms with Crippen LogP contribution in [0.15, 0.2) is 0 Å². The van der Waals surface area contributed by atoms with Gasteiger partial charge in [0.15, 0.2) is 0 Å². The highest BCUT2D eigenvalue weighted by molar-refractivity contribution is 7.32. The highest BCUT2D eigenvalue weighted by Crippen LogP contribution is 2.34. The average Bonchev–Trinajstić information content (AvgIpc) is 2.24. The van der Waals surface area contributed by atoms with Gasteiger partial charge in [0.25, 0.3) is 0 Å². The van der Waals surface area contributed by atoms with Gasteiger partial charge in [0.1, 0.15) is 0 Å². The van der Waals surface area contributed by atoms with E-state index in [1.54, 1.807) is 0 Å². The van der Waals surface area contributed by atoms with Gasteiger partial charge in [-0.25, -0.2) is 5.90 Å². The molecule has 0 saturated heterocycles. The molecule has 7 heteroatoms. The summed E-state index contributed by atoms with van der Waals surface area (Å²) < 4.78 is 15.0. The molecule has 0 fully saturated rings. The van der Waals surface area contributed by atoms with Crippen LogP contribution in [0.2, 0.25) is 0 Å². The Bertz CT molecular complexity index is 285. The quantitative estimate of drug-likeness (QED) is 0.420. The first kappa shape index (κ1) is 19.0. The van der Waals surface area contributed by atoms with Crippen LogP contribution in [0.1, 0.15) is 53.4 Å². The monoisotopic (exact) mass is 296 g/mol. The predicted molar refractivity (Wildman–Crippen MR) is 76.7 cm³/mol. The van der Waals surface area contributed by atoms with E-state index in [9.17, 15) is 4.57 Å². The summed E-state index contributed by atoms with van der Waals surface area (Å²) >= 11 is 0. The van der Waals surface area contributed by atoms with E-state index in [1.165, 1.54) is 0 Å². The topological polar surface area (TPSA) is 108 Å². The zero-order chi connectivity index (χ0) is 15.1. The average molecular weight is 296 g/mol. The lowest BCUT2D eigenvalue weighted by Crippen LogP contribution is -2.34. The third kappa shape index (κ3) is 10.5. The van der Waals surface area contributed by atoms with Gasteiger partial charge in [-0.2, -0.15) is 0 Å². The minimum Gasteiger partial charge on any atom is -0.326 e. The summed E-state index contributed by atoms with van der Waals surface area (Å²) in [6.07, 6.45) is 3.54. The minimum atomic E-state index is -2.87. The number of rotatable bonds is 10. The van der Waals surface area contributed by atoms with Crippen LogP contribution in [0.4, 0.5) is 0 Å². The van der Waals surface area contributed by atoms with Gasteiger partial charge in [0.05, 0.1) is 12.2 Å². The number of hydrogen-bond donors (Lipinski definition) is 3. The fourth-order valence-corrected chi connectivity index (χ4v) is 2.74. The highest BCUT2D eigenvalue weighted by Gasteiger charge is 2.29. The van der Waals surface area contributed by atoms with E-state index in [-0.39, 0.29) is 23.7 Å². The van der Waals surface area contributed by atoms with Crippen LogP contribution in [0.5, 0.6) is 0 Å². The smallest absolute Gasteiger partial charge is 0.316 e. The maximum atomic E-state index is 10.4. The molecule has 116 valence electrons. The minimum absolute atomic E-state index is 0.105. The summed E-state index contributed by atoms with van der Waals surface area (Å²) in [5, 5.41) is 0. The number of hydrogen-bond acceptors (Lipinski definition) is 5. The van der Waals surface area contributed by atoms with E-state index in [0.29, 0.717) is 0 Å². The molecule has 0 spiro atoms. The Hall–Kier alpha value is 0.0300. The molecule has 0 rings (SSSR count). The van der Waals surface area contributed by atoms with Crippen molar-refractivity contribution in [1.29, 1.82) is 0 Å². The van der Waals surface area contributed by atoms with E-state index in [1.807, 2.05) is 13.8 Å². The molecule has 0 aromatic heterocycles. The second-order valence-corrected chi connectivity index (χ2v) is 7.27. The standard InChI is InChI=1S/C12H29N2O4P/c1-11(2,9-12(3,4)18-14)7-5-6-10(13)8-17-19(15)16/h10,19H,5-9,13-14H2,1-4H3,(H,15,16)/t10-/m1/s1. The largest absolute Gasteiger partial charge is 0.326 e. The summed E-state index contributed by atoms with van der Waals surface area (Å²) in [6.45, 7) is 8.40. The van der Waals surface area contributed by atoms with Gasteiger partial charge in [-0.1, -0.05) is 20.3 Å². The van der Waals surface area contributed by atoms with E-state index < -0.39 is 8.25 Å². The van der Waals surface area contributed by atoms with Crippen LogP contribution in [0.3, 0.4) is 0 Å². The number of nitrogens with two attached hydrogens (primary N) is 2. The Morgan fingerprint density at radius 2 is 1.89 bits per heavy atom. The zero-order valence-corrected chi connectivity index (χ0v) is 13.4. The Kier molecular flexibility index (Phi) is 8.36. The fraction of sp³-hybridized carbons (Fsp3) is 1.00. The van der Waals surface area contributed by atoms with Crippen molar-refractivity contribution in [3.05, 3.63) is 0 Å². The molecule has 0 heterocycles. The van der Waals surface area contributed by atoms with Crippen LogP contribution in [-0.2, 0) is 13.9 Å². The molecule has 5 N–H and O–H groups in total. The third-order valence-corrected chi connectivity index (χ3v) is 3.49. The Balaban J connectivity index is 3.94. The molecule has 1 unspecified atom stereocenters. The fourth-order valence-electron chi connectivity index (χ4n) is 2.39. The van der Waals surface area contributed by atoms with Crippen LogP contribution in [0.25, 0.3) is 0 Å². The maximum Gasteiger partial charge on any atom is 0.316 e. The summed E-state index contributed by atoms with van der Waals surface area (Å²) in [4.78, 5) is 13.5. The van der Waals surface area contributed by atoms with Crippen molar-refractivity contribution in [2.24, 2.45) is 17.0 Å². The third-order valence-electron chi connectivity index (χ3n) is 3.07. The van der Waals surface area contributed by atoms with Crippen LogP contribution >= 0.6 is 8.25 Å². The summed E-state index contributed by atoms with van der Waals surface area (Å²) in [5.74, 6) is 5.27. The first-order chi connectivity index (χ1) is 8.58. The lowest BCUT2D eigenvalue weighted by molar-refractivity contribution is -0.0496. The molecule has 0 aromatic rings. The van der Waals surface area contributed by atoms with Gasteiger partial charge >= 0.3 is 8.25 Å². The van der Waals surface area contributed by atoms with Crippen molar-refractivity contribution < 1.29 is 18.8 Å². The Labute approximate surface area is 116 Å². The molecule has 0 aliphatic rings. The molecule has 0 aromatic carbocycles. The Morgan fingerprint density at radius 3 is 2.37 bits per heavy atom. The molecule has 0 amide bonds. The Morgan fingerprint density at radius 1 is 1.32 bits per heavy atom. The highest BCUT2D eigenvalue weighted by atomic mass is 31.1. The van der Waals surface area contributed by atoms with Gasteiger partial charge in [-0.15, -0.1) is 0 Å². The molecule has 0 aliphatic carbocycles. The van der Waals surface area contributed by atoms with Gasteiger partial charge in [-0.3, -0.25) is 9.40 Å². The van der Waals surface area contributed by atoms with E-state index >= 15 is 0 Å². The molecular formula is C12H29N2O4P. The molecule has 0 saturated carbocycles. The summed E-state index contributed by atoms with van der Waals surface area (Å²) in [6, 6.07) is -0.198. The van der Waals surface area contributed by atoms with Crippen molar-refractivity contribution in [1.82, 2.24) is 0 Å². The predicted octanol–water partition coefficient (Wildman–Crippen LogP) is 1.97. The van der Waals surface area contributed by atoms with E-state index in [0.717, 1.165) is 25.7 Å². The van der Waals surface area contributed by atoms with E-state index in [4.69, 9.17) is 21.4 Å². The van der Waals surface area contributed by atoms with E-state index in [2.05, 4.69) is 18.4 Å². The van der Waals surface area contributed by atoms with Crippen molar-refractivity contribution in [3.63, 3.8) is 0 Å². The first-order valence-corrected chi connectivity index (χ1v) is 7.83. The van der Waals surface area contributed by atoms with Crippen LogP contribution < -0.4 is 11.6 Å². The molecule has 0 bridgehead atoms. The lowest BCUT2D eigenvalue weighted by Gasteiger charge is -2.33. The molecule has 19 heavy (non-hydrogen) atoms. The summed E-state index contributed by atoms with van der Waals surface area (Å²) in [5.41, 5.74) is 5.56. The van der Waals surface area contributed by atoms with Crippen molar-refractivity contribution in [3.8, 4) is 0 Å². The van der Waals surface area contributed by atoms with Gasteiger partial charge < -0.3 is 15.2 Å². The van der Waals surface area contributed by atoms with Crippen molar-refractivity contribution in [2.75, 3.05) is 6.61 Å². The molecule has 0 radical (unpaired) electrons. The van der Waals surface area contributed by atoms with Crippen LogP contribution in [0, 0.1) is 5.41 Å². The molecule has 6 nitrogen and oxygen atoms in total. The normalized spacial score (nSPS) is 16.4. The first-order valence-electron chi connectivity index (χ1n) is 6.57. The van der Waals surface area contributed by atoms with Crippen LogP contribution in [-0.4, -0.2) is 23.1 Å². The van der Waals surface area contributed by atoms with Gasteiger partial charge in [-0.05, 0) is 38.5 Å². The second-order valence-electron chi connectivity index (χ2n) is 6.45. The zero-order valence-electron chi connectivity index (χ0n) is 12.4. The van der Waals surface area contributed by atoms with Gasteiger partial charge in [0, 0.05) is 6.04 Å².